The number of imidazole rings is 1. The van der Waals surface area contributed by atoms with Gasteiger partial charge in [0.15, 0.2) is 0 Å². The zero-order chi connectivity index (χ0) is 13.8. The van der Waals surface area contributed by atoms with E-state index in [1.54, 1.807) is 0 Å². The topological polar surface area (TPSA) is 46.9 Å². The normalized spacial score (nSPS) is 15.9. The number of rotatable bonds is 5. The van der Waals surface area contributed by atoms with Crippen LogP contribution in [0.4, 0.5) is 0 Å². The summed E-state index contributed by atoms with van der Waals surface area (Å²) in [4.78, 5) is 16.8. The van der Waals surface area contributed by atoms with Gasteiger partial charge in [0.05, 0.1) is 5.69 Å². The Morgan fingerprint density at radius 2 is 2.16 bits per heavy atom. The highest BCUT2D eigenvalue weighted by atomic mass is 16.2. The van der Waals surface area contributed by atoms with Crippen LogP contribution in [0.3, 0.4) is 0 Å². The fraction of sp³-hybridized carbons (Fsp3) is 0.733. The van der Waals surface area contributed by atoms with E-state index in [-0.39, 0.29) is 11.9 Å². The first-order chi connectivity index (χ1) is 9.15. The molecule has 1 atom stereocenters. The highest BCUT2D eigenvalue weighted by Crippen LogP contribution is 2.25. The summed E-state index contributed by atoms with van der Waals surface area (Å²) < 4.78 is 2.13. The number of hydrogen-bond acceptors (Lipinski definition) is 2. The number of carbonyl (C=O) groups excluding carboxylic acids is 1. The van der Waals surface area contributed by atoms with E-state index in [1.165, 1.54) is 24.2 Å². The first kappa shape index (κ1) is 14.1. The van der Waals surface area contributed by atoms with Crippen molar-refractivity contribution in [1.82, 2.24) is 14.9 Å². The predicted octanol–water partition coefficient (Wildman–Crippen LogP) is 2.55. The molecule has 2 rings (SSSR count). The number of unbranched alkanes of at least 4 members (excludes halogenated alkanes) is 1. The van der Waals surface area contributed by atoms with E-state index in [9.17, 15) is 4.79 Å². The highest BCUT2D eigenvalue weighted by Gasteiger charge is 2.24. The molecule has 0 spiro atoms. The molecule has 0 saturated carbocycles. The number of carbonyl (C=O) groups is 1. The third-order valence-corrected chi connectivity index (χ3v) is 3.94. The van der Waals surface area contributed by atoms with Gasteiger partial charge in [-0.05, 0) is 46.0 Å². The van der Waals surface area contributed by atoms with Crippen LogP contribution in [0.15, 0.2) is 0 Å². The first-order valence-corrected chi connectivity index (χ1v) is 7.49. The van der Waals surface area contributed by atoms with Gasteiger partial charge in [-0.3, -0.25) is 4.79 Å². The molecule has 1 heterocycles. The second kappa shape index (κ2) is 6.22. The molecule has 0 fully saturated rings. The summed E-state index contributed by atoms with van der Waals surface area (Å²) >= 11 is 0. The van der Waals surface area contributed by atoms with Crippen molar-refractivity contribution >= 4 is 5.91 Å². The molecular weight excluding hydrogens is 238 g/mol. The molecule has 4 heteroatoms. The van der Waals surface area contributed by atoms with Crippen molar-refractivity contribution in [2.75, 3.05) is 6.54 Å². The van der Waals surface area contributed by atoms with E-state index in [0.29, 0.717) is 0 Å². The zero-order valence-electron chi connectivity index (χ0n) is 12.3. The molecule has 1 N–H and O–H groups in total. The first-order valence-electron chi connectivity index (χ1n) is 7.49. The Labute approximate surface area is 115 Å². The van der Waals surface area contributed by atoms with Crippen LogP contribution in [-0.4, -0.2) is 22.0 Å². The molecule has 1 amide bonds. The second-order valence-electron chi connectivity index (χ2n) is 5.45. The molecule has 0 aliphatic heterocycles. The van der Waals surface area contributed by atoms with Gasteiger partial charge in [0, 0.05) is 12.2 Å². The summed E-state index contributed by atoms with van der Waals surface area (Å²) in [5.41, 5.74) is 2.49. The third-order valence-electron chi connectivity index (χ3n) is 3.94. The quantitative estimate of drug-likeness (QED) is 0.830. The Kier molecular flexibility index (Phi) is 4.61. The standard InChI is InChI=1S/C15H25N3O/c1-4-5-10-16-15(19)11(2)18-12(3)17-13-8-6-7-9-14(13)18/h11H,4-10H2,1-3H3,(H,16,19). The summed E-state index contributed by atoms with van der Waals surface area (Å²) in [6.07, 6.45) is 6.70. The van der Waals surface area contributed by atoms with Gasteiger partial charge in [-0.2, -0.15) is 0 Å². The van der Waals surface area contributed by atoms with Crippen LogP contribution in [0.2, 0.25) is 0 Å². The van der Waals surface area contributed by atoms with Crippen molar-refractivity contribution in [2.45, 2.75) is 65.3 Å². The van der Waals surface area contributed by atoms with Gasteiger partial charge in [-0.25, -0.2) is 4.98 Å². The van der Waals surface area contributed by atoms with Crippen molar-refractivity contribution in [3.8, 4) is 0 Å². The van der Waals surface area contributed by atoms with E-state index in [1.807, 2.05) is 13.8 Å². The van der Waals surface area contributed by atoms with Gasteiger partial charge in [0.2, 0.25) is 5.91 Å². The summed E-state index contributed by atoms with van der Waals surface area (Å²) in [6, 6.07) is -0.147. The lowest BCUT2D eigenvalue weighted by Crippen LogP contribution is -2.33. The molecule has 1 aromatic heterocycles. The lowest BCUT2D eigenvalue weighted by molar-refractivity contribution is -0.123. The van der Waals surface area contributed by atoms with Gasteiger partial charge in [-0.15, -0.1) is 0 Å². The Morgan fingerprint density at radius 3 is 2.89 bits per heavy atom. The van der Waals surface area contributed by atoms with E-state index < -0.39 is 0 Å². The maximum Gasteiger partial charge on any atom is 0.242 e. The largest absolute Gasteiger partial charge is 0.354 e. The maximum absolute atomic E-state index is 12.2. The molecule has 0 bridgehead atoms. The van der Waals surface area contributed by atoms with Crippen molar-refractivity contribution < 1.29 is 4.79 Å². The van der Waals surface area contributed by atoms with Crippen LogP contribution in [-0.2, 0) is 17.6 Å². The molecular formula is C15H25N3O. The minimum absolute atomic E-state index is 0.113. The van der Waals surface area contributed by atoms with Gasteiger partial charge in [0.25, 0.3) is 0 Å². The Morgan fingerprint density at radius 1 is 1.42 bits per heavy atom. The van der Waals surface area contributed by atoms with Crippen LogP contribution < -0.4 is 5.32 Å². The number of fused-ring (bicyclic) bond motifs is 1. The monoisotopic (exact) mass is 263 g/mol. The molecule has 106 valence electrons. The lowest BCUT2D eigenvalue weighted by atomic mass is 10.0. The average Bonchev–Trinajstić information content (AvgIpc) is 2.74. The molecule has 4 nitrogen and oxygen atoms in total. The van der Waals surface area contributed by atoms with Gasteiger partial charge >= 0.3 is 0 Å². The van der Waals surface area contributed by atoms with Crippen molar-refractivity contribution in [1.29, 1.82) is 0 Å². The SMILES string of the molecule is CCCCNC(=O)C(C)n1c(C)nc2c1CCCC2. The minimum atomic E-state index is -0.147. The number of amides is 1. The average molecular weight is 263 g/mol. The van der Waals surface area contributed by atoms with Gasteiger partial charge in [-0.1, -0.05) is 13.3 Å². The lowest BCUT2D eigenvalue weighted by Gasteiger charge is -2.20. The summed E-state index contributed by atoms with van der Waals surface area (Å²) in [5.74, 6) is 1.09. The molecule has 0 radical (unpaired) electrons. The fourth-order valence-corrected chi connectivity index (χ4v) is 2.87. The molecule has 1 unspecified atom stereocenters. The van der Waals surface area contributed by atoms with E-state index >= 15 is 0 Å². The molecule has 1 aromatic rings. The molecule has 0 saturated heterocycles. The predicted molar refractivity (Wildman–Crippen MR) is 76.2 cm³/mol. The van der Waals surface area contributed by atoms with Crippen LogP contribution in [0.25, 0.3) is 0 Å². The molecule has 1 aliphatic carbocycles. The highest BCUT2D eigenvalue weighted by molar-refractivity contribution is 5.80. The van der Waals surface area contributed by atoms with Crippen molar-refractivity contribution in [2.24, 2.45) is 0 Å². The van der Waals surface area contributed by atoms with Crippen LogP contribution in [0.5, 0.6) is 0 Å². The van der Waals surface area contributed by atoms with Crippen LogP contribution >= 0.6 is 0 Å². The van der Waals surface area contributed by atoms with E-state index in [4.69, 9.17) is 0 Å². The minimum Gasteiger partial charge on any atom is -0.354 e. The van der Waals surface area contributed by atoms with Crippen LogP contribution in [0.1, 0.15) is 62.8 Å². The number of aromatic nitrogens is 2. The third kappa shape index (κ3) is 2.99. The summed E-state index contributed by atoms with van der Waals surface area (Å²) in [6.45, 7) is 6.89. The summed E-state index contributed by atoms with van der Waals surface area (Å²) in [5, 5.41) is 3.02. The van der Waals surface area contributed by atoms with Crippen molar-refractivity contribution in [3.63, 3.8) is 0 Å². The second-order valence-corrected chi connectivity index (χ2v) is 5.45. The number of hydrogen-bond donors (Lipinski definition) is 1. The smallest absolute Gasteiger partial charge is 0.242 e. The number of nitrogens with zero attached hydrogens (tertiary/aromatic N) is 2. The Balaban J connectivity index is 2.12. The number of nitrogens with one attached hydrogen (secondary N) is 1. The fourth-order valence-electron chi connectivity index (χ4n) is 2.87. The maximum atomic E-state index is 12.2. The Bertz CT molecular complexity index is 450. The number of aryl methyl sites for hydroxylation is 2. The summed E-state index contributed by atoms with van der Waals surface area (Å²) in [7, 11) is 0. The van der Waals surface area contributed by atoms with Gasteiger partial charge in [0.1, 0.15) is 11.9 Å². The molecule has 19 heavy (non-hydrogen) atoms. The van der Waals surface area contributed by atoms with E-state index in [2.05, 4.69) is 21.8 Å². The molecule has 1 aliphatic rings. The van der Waals surface area contributed by atoms with E-state index in [0.717, 1.165) is 38.1 Å². The Hall–Kier alpha value is -1.32. The zero-order valence-corrected chi connectivity index (χ0v) is 12.3. The van der Waals surface area contributed by atoms with Gasteiger partial charge < -0.3 is 9.88 Å². The van der Waals surface area contributed by atoms with Crippen LogP contribution in [0, 0.1) is 6.92 Å². The van der Waals surface area contributed by atoms with Crippen molar-refractivity contribution in [3.05, 3.63) is 17.2 Å². The molecule has 0 aromatic carbocycles.